The molecule has 0 saturated heterocycles. The van der Waals surface area contributed by atoms with Crippen LogP contribution in [-0.2, 0) is 14.8 Å². The number of sulfonamides is 1. The number of aryl methyl sites for hydroxylation is 1. The van der Waals surface area contributed by atoms with Gasteiger partial charge >= 0.3 is 0 Å². The first kappa shape index (κ1) is 20.3. The molecule has 0 aliphatic heterocycles. The first-order chi connectivity index (χ1) is 12.1. The molecule has 0 spiro atoms. The van der Waals surface area contributed by atoms with Crippen molar-refractivity contribution in [1.82, 2.24) is 0 Å². The van der Waals surface area contributed by atoms with E-state index in [0.29, 0.717) is 10.7 Å². The fraction of sp³-hybridized carbons (Fsp3) is 0.316. The lowest BCUT2D eigenvalue weighted by atomic mass is 9.98. The minimum Gasteiger partial charge on any atom is -0.324 e. The lowest BCUT2D eigenvalue weighted by Crippen LogP contribution is -2.37. The molecule has 0 atom stereocenters. The first-order valence-corrected chi connectivity index (χ1v) is 10.4. The van der Waals surface area contributed by atoms with E-state index in [4.69, 9.17) is 11.6 Å². The topological polar surface area (TPSA) is 66.5 Å². The van der Waals surface area contributed by atoms with E-state index in [0.717, 1.165) is 27.4 Å². The third-order valence-corrected chi connectivity index (χ3v) is 5.35. The van der Waals surface area contributed by atoms with E-state index >= 15 is 0 Å². The molecular formula is C19H23ClN2O3S. The van der Waals surface area contributed by atoms with E-state index < -0.39 is 15.9 Å². The molecule has 0 radical (unpaired) electrons. The van der Waals surface area contributed by atoms with Crippen molar-refractivity contribution in [3.8, 4) is 0 Å². The zero-order chi connectivity index (χ0) is 19.5. The molecule has 0 fully saturated rings. The molecule has 140 valence electrons. The lowest BCUT2D eigenvalue weighted by Gasteiger charge is -2.23. The number of nitrogens with one attached hydrogen (secondary N) is 1. The van der Waals surface area contributed by atoms with Crippen molar-refractivity contribution in [3.63, 3.8) is 0 Å². The molecule has 1 N–H and O–H groups in total. The molecule has 0 aliphatic rings. The maximum atomic E-state index is 12.6. The summed E-state index contributed by atoms with van der Waals surface area (Å²) in [5, 5.41) is 3.27. The highest BCUT2D eigenvalue weighted by atomic mass is 35.5. The van der Waals surface area contributed by atoms with E-state index in [9.17, 15) is 13.2 Å². The molecule has 0 aromatic heterocycles. The molecule has 0 heterocycles. The normalized spacial score (nSPS) is 11.5. The quantitative estimate of drug-likeness (QED) is 0.799. The van der Waals surface area contributed by atoms with Gasteiger partial charge in [-0.2, -0.15) is 0 Å². The van der Waals surface area contributed by atoms with Crippen molar-refractivity contribution in [1.29, 1.82) is 0 Å². The number of anilines is 2. The van der Waals surface area contributed by atoms with Gasteiger partial charge in [0, 0.05) is 10.7 Å². The summed E-state index contributed by atoms with van der Waals surface area (Å²) >= 11 is 5.96. The van der Waals surface area contributed by atoms with Crippen LogP contribution in [0.4, 0.5) is 11.4 Å². The number of amides is 1. The number of para-hydroxylation sites is 1. The lowest BCUT2D eigenvalue weighted by molar-refractivity contribution is -0.114. The van der Waals surface area contributed by atoms with Crippen molar-refractivity contribution in [2.24, 2.45) is 0 Å². The van der Waals surface area contributed by atoms with Gasteiger partial charge in [-0.3, -0.25) is 9.10 Å². The second kappa shape index (κ2) is 8.10. The van der Waals surface area contributed by atoms with E-state index in [1.165, 1.54) is 6.07 Å². The Hall–Kier alpha value is -2.05. The van der Waals surface area contributed by atoms with Crippen LogP contribution in [0.1, 0.15) is 30.9 Å². The Balaban J connectivity index is 2.30. The molecule has 0 aliphatic carbocycles. The fourth-order valence-electron chi connectivity index (χ4n) is 2.68. The number of nitrogens with zero attached hydrogens (tertiary/aromatic N) is 1. The predicted octanol–water partition coefficient (Wildman–Crippen LogP) is 4.18. The molecule has 0 unspecified atom stereocenters. The standard InChI is InChI=1S/C19H23ClN2O3S/c1-13(2)17-10-5-7-14(3)19(17)21-18(23)12-22(26(4,24)25)16-9-6-8-15(20)11-16/h5-11,13H,12H2,1-4H3,(H,21,23). The van der Waals surface area contributed by atoms with Crippen molar-refractivity contribution in [2.45, 2.75) is 26.7 Å². The molecule has 7 heteroatoms. The number of carbonyl (C=O) groups excluding carboxylic acids is 1. The van der Waals surface area contributed by atoms with Crippen LogP contribution in [0.15, 0.2) is 42.5 Å². The van der Waals surface area contributed by atoms with E-state index in [1.807, 2.05) is 39.0 Å². The van der Waals surface area contributed by atoms with Crippen molar-refractivity contribution in [3.05, 3.63) is 58.6 Å². The maximum Gasteiger partial charge on any atom is 0.245 e. The third kappa shape index (κ3) is 4.99. The number of rotatable bonds is 6. The number of hydrogen-bond acceptors (Lipinski definition) is 3. The average molecular weight is 395 g/mol. The number of benzene rings is 2. The van der Waals surface area contributed by atoms with Gasteiger partial charge < -0.3 is 5.32 Å². The van der Waals surface area contributed by atoms with Gasteiger partial charge in [0.2, 0.25) is 15.9 Å². The Morgan fingerprint density at radius 3 is 2.42 bits per heavy atom. The summed E-state index contributed by atoms with van der Waals surface area (Å²) < 4.78 is 25.4. The third-order valence-electron chi connectivity index (χ3n) is 3.98. The van der Waals surface area contributed by atoms with Gasteiger partial charge in [-0.05, 0) is 42.2 Å². The van der Waals surface area contributed by atoms with Crippen LogP contribution in [0.5, 0.6) is 0 Å². The average Bonchev–Trinajstić information content (AvgIpc) is 2.53. The van der Waals surface area contributed by atoms with Crippen molar-refractivity contribution >= 4 is 38.9 Å². The largest absolute Gasteiger partial charge is 0.324 e. The van der Waals surface area contributed by atoms with Crippen LogP contribution in [-0.4, -0.2) is 27.1 Å². The second-order valence-corrected chi connectivity index (χ2v) is 8.83. The molecule has 2 aromatic rings. The van der Waals surface area contributed by atoms with Gasteiger partial charge in [-0.1, -0.05) is 49.7 Å². The van der Waals surface area contributed by atoms with E-state index in [2.05, 4.69) is 5.32 Å². The zero-order valence-electron chi connectivity index (χ0n) is 15.3. The van der Waals surface area contributed by atoms with E-state index in [1.54, 1.807) is 18.2 Å². The second-order valence-electron chi connectivity index (χ2n) is 6.49. The molecule has 26 heavy (non-hydrogen) atoms. The summed E-state index contributed by atoms with van der Waals surface area (Å²) in [4.78, 5) is 12.6. The van der Waals surface area contributed by atoms with E-state index in [-0.39, 0.29) is 12.5 Å². The van der Waals surface area contributed by atoms with Crippen molar-refractivity contribution < 1.29 is 13.2 Å². The minimum absolute atomic E-state index is 0.226. The summed E-state index contributed by atoms with van der Waals surface area (Å²) in [6, 6.07) is 12.2. The number of hydrogen-bond donors (Lipinski definition) is 1. The van der Waals surface area contributed by atoms with Crippen LogP contribution in [0.25, 0.3) is 0 Å². The van der Waals surface area contributed by atoms with Crippen LogP contribution in [0.2, 0.25) is 5.02 Å². The van der Waals surface area contributed by atoms with Crippen molar-refractivity contribution in [2.75, 3.05) is 22.4 Å². The molecule has 5 nitrogen and oxygen atoms in total. The number of halogens is 1. The van der Waals surface area contributed by atoms with Gasteiger partial charge in [-0.15, -0.1) is 0 Å². The highest BCUT2D eigenvalue weighted by Crippen LogP contribution is 2.28. The Kier molecular flexibility index (Phi) is 6.31. The van der Waals surface area contributed by atoms with Gasteiger partial charge in [-0.25, -0.2) is 8.42 Å². The highest BCUT2D eigenvalue weighted by molar-refractivity contribution is 7.92. The predicted molar refractivity (Wildman–Crippen MR) is 108 cm³/mol. The zero-order valence-corrected chi connectivity index (χ0v) is 16.9. The van der Waals surface area contributed by atoms with Crippen LogP contribution in [0.3, 0.4) is 0 Å². The molecule has 0 bridgehead atoms. The Morgan fingerprint density at radius 1 is 1.19 bits per heavy atom. The first-order valence-electron chi connectivity index (χ1n) is 8.22. The monoisotopic (exact) mass is 394 g/mol. The fourth-order valence-corrected chi connectivity index (χ4v) is 3.72. The summed E-state index contributed by atoms with van der Waals surface area (Å²) in [6.45, 7) is 5.66. The number of carbonyl (C=O) groups is 1. The van der Waals surface area contributed by atoms with Crippen LogP contribution in [0, 0.1) is 6.92 Å². The van der Waals surface area contributed by atoms with Gasteiger partial charge in [0.05, 0.1) is 11.9 Å². The van der Waals surface area contributed by atoms with Gasteiger partial charge in [0.25, 0.3) is 0 Å². The Bertz CT molecular complexity index is 911. The molecule has 2 aromatic carbocycles. The maximum absolute atomic E-state index is 12.6. The molecule has 1 amide bonds. The smallest absolute Gasteiger partial charge is 0.245 e. The molecule has 0 saturated carbocycles. The molecular weight excluding hydrogens is 372 g/mol. The summed E-state index contributed by atoms with van der Waals surface area (Å²) in [7, 11) is -3.64. The Labute approximate surface area is 160 Å². The summed E-state index contributed by atoms with van der Waals surface area (Å²) in [6.07, 6.45) is 1.06. The SMILES string of the molecule is Cc1cccc(C(C)C)c1NC(=O)CN(c1cccc(Cl)c1)S(C)(=O)=O. The van der Waals surface area contributed by atoms with Gasteiger partial charge in [0.15, 0.2) is 0 Å². The van der Waals surface area contributed by atoms with Gasteiger partial charge in [0.1, 0.15) is 6.54 Å². The minimum atomic E-state index is -3.64. The molecule has 2 rings (SSSR count). The summed E-state index contributed by atoms with van der Waals surface area (Å²) in [5.74, 6) is -0.184. The highest BCUT2D eigenvalue weighted by Gasteiger charge is 2.22. The Morgan fingerprint density at radius 2 is 1.85 bits per heavy atom. The van der Waals surface area contributed by atoms with Crippen LogP contribution >= 0.6 is 11.6 Å². The summed E-state index contributed by atoms with van der Waals surface area (Å²) in [5.41, 5.74) is 3.02. The van der Waals surface area contributed by atoms with Crippen LogP contribution < -0.4 is 9.62 Å².